The van der Waals surface area contributed by atoms with E-state index >= 15 is 0 Å². The lowest BCUT2D eigenvalue weighted by molar-refractivity contribution is -0.138. The lowest BCUT2D eigenvalue weighted by Gasteiger charge is -2.26. The maximum atomic E-state index is 10.7. The fraction of sp³-hybridized carbons (Fsp3) is 0.364. The Morgan fingerprint density at radius 1 is 1.53 bits per heavy atom. The minimum Gasteiger partial charge on any atom is -0.508 e. The highest BCUT2D eigenvalue weighted by atomic mass is 16.4. The second kappa shape index (κ2) is 4.31. The summed E-state index contributed by atoms with van der Waals surface area (Å²) in [7, 11) is 0. The molecular formula is C11H15NO3. The second-order valence-corrected chi connectivity index (χ2v) is 3.89. The van der Waals surface area contributed by atoms with Crippen LogP contribution in [0.5, 0.6) is 5.75 Å². The largest absolute Gasteiger partial charge is 0.508 e. The topological polar surface area (TPSA) is 83.6 Å². The zero-order valence-corrected chi connectivity index (χ0v) is 8.60. The molecule has 1 rings (SSSR count). The fourth-order valence-corrected chi connectivity index (χ4v) is 1.51. The van der Waals surface area contributed by atoms with E-state index < -0.39 is 11.4 Å². The zero-order chi connectivity index (χ0) is 11.5. The minimum absolute atomic E-state index is 0.0487. The van der Waals surface area contributed by atoms with Crippen LogP contribution in [0, 0.1) is 0 Å². The third kappa shape index (κ3) is 2.70. The molecule has 1 aromatic rings. The van der Waals surface area contributed by atoms with Crippen LogP contribution in [0.4, 0.5) is 0 Å². The van der Waals surface area contributed by atoms with Gasteiger partial charge in [0.1, 0.15) is 5.75 Å². The van der Waals surface area contributed by atoms with Crippen molar-refractivity contribution in [2.75, 3.05) is 6.54 Å². The Bertz CT molecular complexity index is 365. The third-order valence-electron chi connectivity index (χ3n) is 2.53. The van der Waals surface area contributed by atoms with Crippen LogP contribution in [0.1, 0.15) is 18.9 Å². The van der Waals surface area contributed by atoms with Gasteiger partial charge in [0.15, 0.2) is 0 Å². The summed E-state index contributed by atoms with van der Waals surface area (Å²) in [5.74, 6) is -0.774. The van der Waals surface area contributed by atoms with Crippen molar-refractivity contribution in [2.45, 2.75) is 18.8 Å². The molecule has 0 spiro atoms. The molecular weight excluding hydrogens is 194 g/mol. The molecule has 4 N–H and O–H groups in total. The van der Waals surface area contributed by atoms with Crippen molar-refractivity contribution >= 4 is 5.97 Å². The van der Waals surface area contributed by atoms with Crippen LogP contribution in [-0.4, -0.2) is 22.7 Å². The summed E-state index contributed by atoms with van der Waals surface area (Å²) < 4.78 is 0. The highest BCUT2D eigenvalue weighted by Crippen LogP contribution is 2.28. The molecule has 0 radical (unpaired) electrons. The molecule has 1 atom stereocenters. The average Bonchev–Trinajstić information content (AvgIpc) is 2.16. The Kier molecular flexibility index (Phi) is 3.31. The number of benzene rings is 1. The van der Waals surface area contributed by atoms with E-state index in [1.165, 1.54) is 0 Å². The van der Waals surface area contributed by atoms with E-state index in [-0.39, 0.29) is 18.7 Å². The van der Waals surface area contributed by atoms with E-state index in [0.717, 1.165) is 5.56 Å². The van der Waals surface area contributed by atoms with Crippen LogP contribution < -0.4 is 5.73 Å². The second-order valence-electron chi connectivity index (χ2n) is 3.89. The number of aliphatic carboxylic acids is 1. The number of aromatic hydroxyl groups is 1. The molecule has 15 heavy (non-hydrogen) atoms. The quantitative estimate of drug-likeness (QED) is 0.693. The van der Waals surface area contributed by atoms with Crippen molar-refractivity contribution in [3.8, 4) is 5.75 Å². The van der Waals surface area contributed by atoms with Gasteiger partial charge < -0.3 is 15.9 Å². The van der Waals surface area contributed by atoms with Crippen molar-refractivity contribution in [1.29, 1.82) is 0 Å². The maximum absolute atomic E-state index is 10.7. The third-order valence-corrected chi connectivity index (χ3v) is 2.53. The van der Waals surface area contributed by atoms with Gasteiger partial charge in [-0.25, -0.2) is 0 Å². The predicted octanol–water partition coefficient (Wildman–Crippen LogP) is 1.08. The number of phenolic OH excluding ortho intramolecular Hbond substituents is 1. The molecule has 0 aliphatic rings. The van der Waals surface area contributed by atoms with Crippen LogP contribution in [0.3, 0.4) is 0 Å². The van der Waals surface area contributed by atoms with Gasteiger partial charge in [-0.1, -0.05) is 19.1 Å². The standard InChI is InChI=1S/C11H15NO3/c1-11(7-12,6-10(14)15)8-3-2-4-9(13)5-8/h2-5,13H,6-7,12H2,1H3,(H,14,15). The van der Waals surface area contributed by atoms with Gasteiger partial charge in [-0.2, -0.15) is 0 Å². The Morgan fingerprint density at radius 3 is 2.67 bits per heavy atom. The molecule has 1 unspecified atom stereocenters. The molecule has 0 fully saturated rings. The van der Waals surface area contributed by atoms with E-state index in [9.17, 15) is 9.90 Å². The van der Waals surface area contributed by atoms with Crippen molar-refractivity contribution in [3.05, 3.63) is 29.8 Å². The molecule has 4 heteroatoms. The van der Waals surface area contributed by atoms with Crippen molar-refractivity contribution in [1.82, 2.24) is 0 Å². The zero-order valence-electron chi connectivity index (χ0n) is 8.60. The first-order chi connectivity index (χ1) is 6.98. The summed E-state index contributed by atoms with van der Waals surface area (Å²) in [6, 6.07) is 6.55. The van der Waals surface area contributed by atoms with Gasteiger partial charge in [-0.05, 0) is 17.7 Å². The van der Waals surface area contributed by atoms with Crippen LogP contribution in [-0.2, 0) is 10.2 Å². The van der Waals surface area contributed by atoms with E-state index in [1.54, 1.807) is 31.2 Å². The molecule has 0 bridgehead atoms. The highest BCUT2D eigenvalue weighted by Gasteiger charge is 2.28. The highest BCUT2D eigenvalue weighted by molar-refractivity contribution is 5.69. The van der Waals surface area contributed by atoms with E-state index in [0.29, 0.717) is 0 Å². The van der Waals surface area contributed by atoms with Crippen LogP contribution in [0.2, 0.25) is 0 Å². The molecule has 82 valence electrons. The molecule has 4 nitrogen and oxygen atoms in total. The summed E-state index contributed by atoms with van der Waals surface area (Å²) in [6.07, 6.45) is -0.0487. The summed E-state index contributed by atoms with van der Waals surface area (Å²) in [6.45, 7) is 2.00. The van der Waals surface area contributed by atoms with Gasteiger partial charge >= 0.3 is 5.97 Å². The molecule has 0 saturated heterocycles. The maximum Gasteiger partial charge on any atom is 0.304 e. The molecule has 0 amide bonds. The van der Waals surface area contributed by atoms with Crippen molar-refractivity contribution < 1.29 is 15.0 Å². The molecule has 1 aromatic carbocycles. The average molecular weight is 209 g/mol. The smallest absolute Gasteiger partial charge is 0.304 e. The lowest BCUT2D eigenvalue weighted by atomic mass is 9.79. The summed E-state index contributed by atoms with van der Waals surface area (Å²) in [5, 5.41) is 18.1. The summed E-state index contributed by atoms with van der Waals surface area (Å²) in [4.78, 5) is 10.7. The van der Waals surface area contributed by atoms with Crippen LogP contribution in [0.15, 0.2) is 24.3 Å². The predicted molar refractivity (Wildman–Crippen MR) is 56.8 cm³/mol. The van der Waals surface area contributed by atoms with Gasteiger partial charge in [0.2, 0.25) is 0 Å². The number of hydrogen-bond donors (Lipinski definition) is 3. The molecule has 0 heterocycles. The summed E-state index contributed by atoms with van der Waals surface area (Å²) >= 11 is 0. The molecule has 0 aromatic heterocycles. The monoisotopic (exact) mass is 209 g/mol. The van der Waals surface area contributed by atoms with Crippen LogP contribution in [0.25, 0.3) is 0 Å². The van der Waals surface area contributed by atoms with Crippen molar-refractivity contribution in [2.24, 2.45) is 5.73 Å². The normalized spacial score (nSPS) is 14.5. The molecule has 0 aliphatic heterocycles. The number of carboxylic acids is 1. The number of carboxylic acid groups (broad SMARTS) is 1. The minimum atomic E-state index is -0.897. The SMILES string of the molecule is CC(CN)(CC(=O)O)c1cccc(O)c1. The molecule has 0 aliphatic carbocycles. The Labute approximate surface area is 88.3 Å². The van der Waals surface area contributed by atoms with Gasteiger partial charge in [0.25, 0.3) is 0 Å². The Balaban J connectivity index is 3.05. The first-order valence-electron chi connectivity index (χ1n) is 4.69. The van der Waals surface area contributed by atoms with Crippen LogP contribution >= 0.6 is 0 Å². The Morgan fingerprint density at radius 2 is 2.20 bits per heavy atom. The number of carbonyl (C=O) groups is 1. The molecule has 0 saturated carbocycles. The van der Waals surface area contributed by atoms with Crippen molar-refractivity contribution in [3.63, 3.8) is 0 Å². The first kappa shape index (κ1) is 11.5. The van der Waals surface area contributed by atoms with E-state index in [1.807, 2.05) is 0 Å². The summed E-state index contributed by atoms with van der Waals surface area (Å²) in [5.41, 5.74) is 5.70. The van der Waals surface area contributed by atoms with Gasteiger partial charge in [0, 0.05) is 12.0 Å². The van der Waals surface area contributed by atoms with E-state index in [4.69, 9.17) is 10.8 Å². The van der Waals surface area contributed by atoms with E-state index in [2.05, 4.69) is 0 Å². The number of hydrogen-bond acceptors (Lipinski definition) is 3. The number of rotatable bonds is 4. The first-order valence-corrected chi connectivity index (χ1v) is 4.69. The number of nitrogens with two attached hydrogens (primary N) is 1. The Hall–Kier alpha value is -1.55. The van der Waals surface area contributed by atoms with Gasteiger partial charge in [-0.3, -0.25) is 4.79 Å². The lowest BCUT2D eigenvalue weighted by Crippen LogP contribution is -2.34. The van der Waals surface area contributed by atoms with Gasteiger partial charge in [-0.15, -0.1) is 0 Å². The fourth-order valence-electron chi connectivity index (χ4n) is 1.51. The number of phenols is 1. The van der Waals surface area contributed by atoms with Gasteiger partial charge in [0.05, 0.1) is 6.42 Å².